The summed E-state index contributed by atoms with van der Waals surface area (Å²) in [5, 5.41) is 4.81. The molecule has 0 unspecified atom stereocenters. The second-order valence-corrected chi connectivity index (χ2v) is 6.93. The Balaban J connectivity index is 1.80. The number of benzene rings is 1. The zero-order chi connectivity index (χ0) is 18.8. The fraction of sp³-hybridized carbons (Fsp3) is 0.300. The van der Waals surface area contributed by atoms with Gasteiger partial charge >= 0.3 is 0 Å². The lowest BCUT2D eigenvalue weighted by Crippen LogP contribution is -2.26. The summed E-state index contributed by atoms with van der Waals surface area (Å²) in [5.41, 5.74) is 3.33. The lowest BCUT2D eigenvalue weighted by Gasteiger charge is -2.15. The average Bonchev–Trinajstić information content (AvgIpc) is 3.12. The molecule has 0 bridgehead atoms. The summed E-state index contributed by atoms with van der Waals surface area (Å²) < 4.78 is 7.21. The van der Waals surface area contributed by atoms with E-state index in [0.717, 1.165) is 17.1 Å². The van der Waals surface area contributed by atoms with Crippen LogP contribution in [0.3, 0.4) is 0 Å². The Hall–Kier alpha value is -2.53. The normalized spacial score (nSPS) is 11.0. The maximum atomic E-state index is 12.9. The SMILES string of the molecule is Cc1ccc(Cn2nc(C)c(C(=O)N(C)Cc3ccc(C)o3)c2Cl)cc1. The van der Waals surface area contributed by atoms with E-state index in [4.69, 9.17) is 16.0 Å². The summed E-state index contributed by atoms with van der Waals surface area (Å²) >= 11 is 6.49. The van der Waals surface area contributed by atoms with Gasteiger partial charge in [-0.05, 0) is 38.5 Å². The van der Waals surface area contributed by atoms with Crippen LogP contribution in [-0.2, 0) is 13.1 Å². The number of carbonyl (C=O) groups excluding carboxylic acids is 1. The minimum atomic E-state index is -0.170. The number of hydrogen-bond acceptors (Lipinski definition) is 3. The first-order chi connectivity index (χ1) is 12.3. The number of halogens is 1. The van der Waals surface area contributed by atoms with E-state index in [1.54, 1.807) is 23.6 Å². The van der Waals surface area contributed by atoms with Crippen LogP contribution in [0, 0.1) is 20.8 Å². The molecule has 6 heteroatoms. The van der Waals surface area contributed by atoms with Gasteiger partial charge in [-0.2, -0.15) is 5.10 Å². The lowest BCUT2D eigenvalue weighted by molar-refractivity contribution is 0.0774. The molecule has 2 aromatic heterocycles. The predicted octanol–water partition coefficient (Wildman–Crippen LogP) is 4.38. The van der Waals surface area contributed by atoms with Crippen molar-refractivity contribution >= 4 is 17.5 Å². The number of amides is 1. The third-order valence-electron chi connectivity index (χ3n) is 4.27. The van der Waals surface area contributed by atoms with Crippen LogP contribution in [0.2, 0.25) is 5.15 Å². The lowest BCUT2D eigenvalue weighted by atomic mass is 10.1. The van der Waals surface area contributed by atoms with Crippen LogP contribution >= 0.6 is 11.6 Å². The molecule has 3 rings (SSSR count). The van der Waals surface area contributed by atoms with Gasteiger partial charge in [0.25, 0.3) is 5.91 Å². The molecule has 136 valence electrons. The largest absolute Gasteiger partial charge is 0.464 e. The van der Waals surface area contributed by atoms with Crippen molar-refractivity contribution in [3.8, 4) is 0 Å². The zero-order valence-corrected chi connectivity index (χ0v) is 16.2. The first kappa shape index (κ1) is 18.3. The molecule has 3 aromatic rings. The number of aryl methyl sites for hydroxylation is 3. The number of nitrogens with zero attached hydrogens (tertiary/aromatic N) is 3. The fourth-order valence-electron chi connectivity index (χ4n) is 2.83. The van der Waals surface area contributed by atoms with Gasteiger partial charge in [-0.1, -0.05) is 41.4 Å². The summed E-state index contributed by atoms with van der Waals surface area (Å²) in [6, 6.07) is 11.9. The fourth-order valence-corrected chi connectivity index (χ4v) is 3.15. The van der Waals surface area contributed by atoms with Crippen LogP contribution in [0.15, 0.2) is 40.8 Å². The Kier molecular flexibility index (Phi) is 5.18. The molecular formula is C20H22ClN3O2. The second-order valence-electron chi connectivity index (χ2n) is 6.57. The van der Waals surface area contributed by atoms with Gasteiger partial charge in [0.15, 0.2) is 0 Å². The Bertz CT molecular complexity index is 925. The molecule has 0 aliphatic heterocycles. The summed E-state index contributed by atoms with van der Waals surface area (Å²) in [7, 11) is 1.73. The van der Waals surface area contributed by atoms with Crippen molar-refractivity contribution in [1.82, 2.24) is 14.7 Å². The molecule has 0 saturated carbocycles. The molecule has 26 heavy (non-hydrogen) atoms. The van der Waals surface area contributed by atoms with Crippen molar-refractivity contribution in [2.45, 2.75) is 33.9 Å². The highest BCUT2D eigenvalue weighted by Crippen LogP contribution is 2.23. The van der Waals surface area contributed by atoms with Crippen molar-refractivity contribution in [1.29, 1.82) is 0 Å². The van der Waals surface area contributed by atoms with Crippen LogP contribution in [0.4, 0.5) is 0 Å². The highest BCUT2D eigenvalue weighted by atomic mass is 35.5. The van der Waals surface area contributed by atoms with Gasteiger partial charge in [-0.3, -0.25) is 4.79 Å². The van der Waals surface area contributed by atoms with Gasteiger partial charge in [-0.15, -0.1) is 0 Å². The maximum Gasteiger partial charge on any atom is 0.259 e. The number of rotatable bonds is 5. The van der Waals surface area contributed by atoms with E-state index < -0.39 is 0 Å². The topological polar surface area (TPSA) is 51.3 Å². The van der Waals surface area contributed by atoms with Crippen molar-refractivity contribution in [3.05, 3.63) is 75.5 Å². The van der Waals surface area contributed by atoms with Crippen LogP contribution in [-0.4, -0.2) is 27.6 Å². The molecular weight excluding hydrogens is 350 g/mol. The predicted molar refractivity (Wildman–Crippen MR) is 101 cm³/mol. The van der Waals surface area contributed by atoms with Gasteiger partial charge in [0.2, 0.25) is 0 Å². The van der Waals surface area contributed by atoms with Gasteiger partial charge in [0.1, 0.15) is 16.7 Å². The summed E-state index contributed by atoms with van der Waals surface area (Å²) in [6.07, 6.45) is 0. The number of furan rings is 1. The third-order valence-corrected chi connectivity index (χ3v) is 4.65. The van der Waals surface area contributed by atoms with E-state index in [2.05, 4.69) is 5.10 Å². The Morgan fingerprint density at radius 1 is 1.15 bits per heavy atom. The molecule has 2 heterocycles. The summed E-state index contributed by atoms with van der Waals surface area (Å²) in [6.45, 7) is 6.62. The van der Waals surface area contributed by atoms with E-state index in [1.807, 2.05) is 50.2 Å². The van der Waals surface area contributed by atoms with Crippen molar-refractivity contribution < 1.29 is 9.21 Å². The van der Waals surface area contributed by atoms with E-state index >= 15 is 0 Å². The van der Waals surface area contributed by atoms with E-state index in [-0.39, 0.29) is 5.91 Å². The summed E-state index contributed by atoms with van der Waals surface area (Å²) in [5.74, 6) is 1.39. The van der Waals surface area contributed by atoms with Gasteiger partial charge in [0.05, 0.1) is 24.3 Å². The van der Waals surface area contributed by atoms with Crippen LogP contribution in [0.1, 0.15) is 38.7 Å². The highest BCUT2D eigenvalue weighted by molar-refractivity contribution is 6.33. The molecule has 1 amide bonds. The molecule has 0 aliphatic carbocycles. The van der Waals surface area contributed by atoms with Gasteiger partial charge in [-0.25, -0.2) is 4.68 Å². The first-order valence-electron chi connectivity index (χ1n) is 8.44. The quantitative estimate of drug-likeness (QED) is 0.669. The van der Waals surface area contributed by atoms with E-state index in [1.165, 1.54) is 5.56 Å². The van der Waals surface area contributed by atoms with E-state index in [0.29, 0.717) is 29.5 Å². The molecule has 1 aromatic carbocycles. The van der Waals surface area contributed by atoms with Crippen LogP contribution < -0.4 is 0 Å². The van der Waals surface area contributed by atoms with Gasteiger partial charge < -0.3 is 9.32 Å². The van der Waals surface area contributed by atoms with Crippen molar-refractivity contribution in [3.63, 3.8) is 0 Å². The highest BCUT2D eigenvalue weighted by Gasteiger charge is 2.24. The van der Waals surface area contributed by atoms with Crippen molar-refractivity contribution in [2.75, 3.05) is 7.05 Å². The Morgan fingerprint density at radius 3 is 2.46 bits per heavy atom. The zero-order valence-electron chi connectivity index (χ0n) is 15.4. The maximum absolute atomic E-state index is 12.9. The number of aromatic nitrogens is 2. The average molecular weight is 372 g/mol. The first-order valence-corrected chi connectivity index (χ1v) is 8.82. The molecule has 0 aliphatic rings. The standard InChI is InChI=1S/C20H22ClN3O2/c1-13-5-8-16(9-6-13)11-24-19(21)18(15(3)22-24)20(25)23(4)12-17-10-7-14(2)26-17/h5-10H,11-12H2,1-4H3. The molecule has 0 atom stereocenters. The van der Waals surface area contributed by atoms with Crippen LogP contribution in [0.25, 0.3) is 0 Å². The molecule has 0 radical (unpaired) electrons. The van der Waals surface area contributed by atoms with Crippen LogP contribution in [0.5, 0.6) is 0 Å². The Labute approximate surface area is 158 Å². The molecule has 0 N–H and O–H groups in total. The summed E-state index contributed by atoms with van der Waals surface area (Å²) in [4.78, 5) is 14.4. The molecule has 0 saturated heterocycles. The van der Waals surface area contributed by atoms with E-state index in [9.17, 15) is 4.79 Å². The van der Waals surface area contributed by atoms with Crippen molar-refractivity contribution in [2.24, 2.45) is 0 Å². The monoisotopic (exact) mass is 371 g/mol. The minimum absolute atomic E-state index is 0.170. The smallest absolute Gasteiger partial charge is 0.259 e. The second kappa shape index (κ2) is 7.38. The molecule has 0 spiro atoms. The Morgan fingerprint density at radius 2 is 1.85 bits per heavy atom. The molecule has 5 nitrogen and oxygen atoms in total. The number of hydrogen-bond donors (Lipinski definition) is 0. The third kappa shape index (κ3) is 3.83. The minimum Gasteiger partial charge on any atom is -0.464 e. The molecule has 0 fully saturated rings. The number of carbonyl (C=O) groups is 1. The van der Waals surface area contributed by atoms with Gasteiger partial charge in [0, 0.05) is 7.05 Å².